The number of nitrogens with zero attached hydrogens (tertiary/aromatic N) is 1. The van der Waals surface area contributed by atoms with Crippen LogP contribution in [0.4, 0.5) is 0 Å². The van der Waals surface area contributed by atoms with Gasteiger partial charge >= 0.3 is 0 Å². The van der Waals surface area contributed by atoms with Crippen molar-refractivity contribution in [3.63, 3.8) is 0 Å². The number of halogens is 2. The van der Waals surface area contributed by atoms with Crippen LogP contribution >= 0.6 is 24.0 Å². The van der Waals surface area contributed by atoms with E-state index in [9.17, 15) is 4.79 Å². The zero-order valence-electron chi connectivity index (χ0n) is 14.0. The van der Waals surface area contributed by atoms with Crippen LogP contribution in [0.2, 0.25) is 5.02 Å². The molecule has 6 heteroatoms. The Labute approximate surface area is 149 Å². The first-order valence-corrected chi connectivity index (χ1v) is 8.20. The number of carbonyl (C=O) groups excluding carboxylic acids is 1. The number of benzene rings is 1. The number of piperidine rings is 1. The molecule has 1 aromatic carbocycles. The number of carbonyl (C=O) groups is 1. The average molecular weight is 361 g/mol. The first-order valence-electron chi connectivity index (χ1n) is 7.82. The molecule has 1 saturated heterocycles. The van der Waals surface area contributed by atoms with E-state index in [1.807, 2.05) is 11.8 Å². The van der Waals surface area contributed by atoms with Crippen molar-refractivity contribution in [3.05, 3.63) is 28.8 Å². The van der Waals surface area contributed by atoms with E-state index < -0.39 is 0 Å². The van der Waals surface area contributed by atoms with Crippen molar-refractivity contribution < 1.29 is 9.53 Å². The van der Waals surface area contributed by atoms with Crippen molar-refractivity contribution >= 4 is 29.9 Å². The molecule has 23 heavy (non-hydrogen) atoms. The van der Waals surface area contributed by atoms with E-state index in [1.54, 1.807) is 18.2 Å². The molecule has 1 aliphatic rings. The van der Waals surface area contributed by atoms with Crippen LogP contribution in [0.5, 0.6) is 5.75 Å². The van der Waals surface area contributed by atoms with Gasteiger partial charge in [0, 0.05) is 24.2 Å². The van der Waals surface area contributed by atoms with Gasteiger partial charge in [-0.1, -0.05) is 32.4 Å². The van der Waals surface area contributed by atoms with Gasteiger partial charge in [0.2, 0.25) is 0 Å². The largest absolute Gasteiger partial charge is 0.493 e. The third-order valence-electron chi connectivity index (χ3n) is 4.23. The van der Waals surface area contributed by atoms with Crippen molar-refractivity contribution in [2.45, 2.75) is 39.7 Å². The summed E-state index contributed by atoms with van der Waals surface area (Å²) < 4.78 is 5.70. The maximum atomic E-state index is 12.9. The maximum absolute atomic E-state index is 12.9. The summed E-state index contributed by atoms with van der Waals surface area (Å²) in [5.74, 6) is 0.567. The fourth-order valence-corrected chi connectivity index (χ4v) is 2.90. The molecule has 4 nitrogen and oxygen atoms in total. The van der Waals surface area contributed by atoms with Gasteiger partial charge in [0.1, 0.15) is 5.75 Å². The predicted molar refractivity (Wildman–Crippen MR) is 96.8 cm³/mol. The van der Waals surface area contributed by atoms with Crippen LogP contribution in [-0.4, -0.2) is 36.5 Å². The summed E-state index contributed by atoms with van der Waals surface area (Å²) in [5, 5.41) is 0.542. The molecule has 2 N–H and O–H groups in total. The van der Waals surface area contributed by atoms with E-state index in [1.165, 1.54) is 0 Å². The summed E-state index contributed by atoms with van der Waals surface area (Å²) in [4.78, 5) is 14.7. The second kappa shape index (κ2) is 8.22. The molecule has 1 unspecified atom stereocenters. The van der Waals surface area contributed by atoms with Crippen LogP contribution < -0.4 is 10.5 Å². The van der Waals surface area contributed by atoms with Crippen LogP contribution in [0.25, 0.3) is 0 Å². The van der Waals surface area contributed by atoms with E-state index in [4.69, 9.17) is 22.1 Å². The van der Waals surface area contributed by atoms with Crippen LogP contribution in [-0.2, 0) is 0 Å². The van der Waals surface area contributed by atoms with E-state index in [2.05, 4.69) is 13.8 Å². The van der Waals surface area contributed by atoms with Gasteiger partial charge in [-0.05, 0) is 36.5 Å². The Morgan fingerprint density at radius 2 is 2.17 bits per heavy atom. The molecule has 2 rings (SSSR count). The molecule has 0 spiro atoms. The lowest BCUT2D eigenvalue weighted by molar-refractivity contribution is 0.0529. The molecule has 1 aliphatic heterocycles. The van der Waals surface area contributed by atoms with Gasteiger partial charge in [-0.15, -0.1) is 12.4 Å². The second-order valence-electron chi connectivity index (χ2n) is 6.60. The highest BCUT2D eigenvalue weighted by Gasteiger charge is 2.36. The Bertz CT molecular complexity index is 549. The van der Waals surface area contributed by atoms with E-state index >= 15 is 0 Å². The Balaban J connectivity index is 0.00000264. The SMILES string of the molecule is CCCOc1ccc(Cl)cc1C(=O)N1CCC(N)C(C)(C)C1.Cl. The Morgan fingerprint density at radius 3 is 2.78 bits per heavy atom. The minimum Gasteiger partial charge on any atom is -0.493 e. The highest BCUT2D eigenvalue weighted by molar-refractivity contribution is 6.31. The molecule has 0 aliphatic carbocycles. The molecule has 1 amide bonds. The van der Waals surface area contributed by atoms with Crippen LogP contribution in [0.15, 0.2) is 18.2 Å². The topological polar surface area (TPSA) is 55.6 Å². The summed E-state index contributed by atoms with van der Waals surface area (Å²) >= 11 is 6.07. The van der Waals surface area contributed by atoms with Crippen LogP contribution in [0, 0.1) is 5.41 Å². The number of likely N-dealkylation sites (tertiary alicyclic amines) is 1. The molecule has 0 saturated carbocycles. The number of hydrogen-bond donors (Lipinski definition) is 1. The first kappa shape index (κ1) is 20.1. The molecule has 1 aromatic rings. The molecule has 1 fully saturated rings. The third kappa shape index (κ3) is 4.75. The van der Waals surface area contributed by atoms with Gasteiger partial charge in [-0.25, -0.2) is 0 Å². The van der Waals surface area contributed by atoms with Crippen molar-refractivity contribution in [2.75, 3.05) is 19.7 Å². The predicted octanol–water partition coefficient (Wildman–Crippen LogP) is 3.75. The third-order valence-corrected chi connectivity index (χ3v) is 4.47. The fraction of sp³-hybridized carbons (Fsp3) is 0.588. The lowest BCUT2D eigenvalue weighted by Gasteiger charge is -2.42. The van der Waals surface area contributed by atoms with Crippen molar-refractivity contribution in [2.24, 2.45) is 11.1 Å². The second-order valence-corrected chi connectivity index (χ2v) is 7.04. The molecule has 0 radical (unpaired) electrons. The number of hydrogen-bond acceptors (Lipinski definition) is 3. The Hall–Kier alpha value is -0.970. The van der Waals surface area contributed by atoms with Gasteiger partial charge in [0.25, 0.3) is 5.91 Å². The minimum atomic E-state index is -0.0864. The van der Waals surface area contributed by atoms with Crippen molar-refractivity contribution in [3.8, 4) is 5.75 Å². The fourth-order valence-electron chi connectivity index (χ4n) is 2.72. The number of rotatable bonds is 4. The molecule has 0 bridgehead atoms. The smallest absolute Gasteiger partial charge is 0.257 e. The van der Waals surface area contributed by atoms with Gasteiger partial charge < -0.3 is 15.4 Å². The maximum Gasteiger partial charge on any atom is 0.257 e. The molecular weight excluding hydrogens is 335 g/mol. The average Bonchev–Trinajstić information content (AvgIpc) is 2.48. The zero-order valence-corrected chi connectivity index (χ0v) is 15.5. The van der Waals surface area contributed by atoms with Crippen LogP contribution in [0.1, 0.15) is 44.0 Å². The van der Waals surface area contributed by atoms with Crippen molar-refractivity contribution in [1.29, 1.82) is 0 Å². The zero-order chi connectivity index (χ0) is 16.3. The lowest BCUT2D eigenvalue weighted by Crippen LogP contribution is -2.54. The van der Waals surface area contributed by atoms with Gasteiger partial charge in [-0.2, -0.15) is 0 Å². The summed E-state index contributed by atoms with van der Waals surface area (Å²) in [6.45, 7) is 8.13. The molecular formula is C17H26Cl2N2O2. The van der Waals surface area contributed by atoms with Crippen LogP contribution in [0.3, 0.4) is 0 Å². The summed E-state index contributed by atoms with van der Waals surface area (Å²) in [6.07, 6.45) is 1.70. The Kier molecular flexibility index (Phi) is 7.18. The normalized spacial score (nSPS) is 19.9. The molecule has 1 atom stereocenters. The van der Waals surface area contributed by atoms with Gasteiger partial charge in [-0.3, -0.25) is 4.79 Å². The quantitative estimate of drug-likeness (QED) is 0.889. The highest BCUT2D eigenvalue weighted by Crippen LogP contribution is 2.31. The number of ether oxygens (including phenoxy) is 1. The van der Waals surface area contributed by atoms with E-state index in [0.717, 1.165) is 12.8 Å². The standard InChI is InChI=1S/C17H25ClN2O2.ClH/c1-4-9-22-14-6-5-12(18)10-13(14)16(21)20-8-7-15(19)17(2,3)11-20;/h5-6,10,15H,4,7-9,11,19H2,1-3H3;1H. The first-order chi connectivity index (χ1) is 10.3. The van der Waals surface area contributed by atoms with E-state index in [-0.39, 0.29) is 29.8 Å². The lowest BCUT2D eigenvalue weighted by atomic mass is 9.79. The highest BCUT2D eigenvalue weighted by atomic mass is 35.5. The Morgan fingerprint density at radius 1 is 1.48 bits per heavy atom. The summed E-state index contributed by atoms with van der Waals surface area (Å²) in [5.41, 5.74) is 6.60. The van der Waals surface area contributed by atoms with Gasteiger partial charge in [0.05, 0.1) is 12.2 Å². The monoisotopic (exact) mass is 360 g/mol. The summed E-state index contributed by atoms with van der Waals surface area (Å²) in [6, 6.07) is 5.33. The number of amides is 1. The summed E-state index contributed by atoms with van der Waals surface area (Å²) in [7, 11) is 0. The molecule has 0 aromatic heterocycles. The minimum absolute atomic E-state index is 0. The molecule has 1 heterocycles. The molecule has 130 valence electrons. The van der Waals surface area contributed by atoms with Crippen molar-refractivity contribution in [1.82, 2.24) is 4.90 Å². The number of nitrogens with two attached hydrogens (primary N) is 1. The van der Waals surface area contributed by atoms with E-state index in [0.29, 0.717) is 36.0 Å². The van der Waals surface area contributed by atoms with Gasteiger partial charge in [0.15, 0.2) is 0 Å².